The summed E-state index contributed by atoms with van der Waals surface area (Å²) in [4.78, 5) is 13.3. The molecule has 4 heteroatoms. The summed E-state index contributed by atoms with van der Waals surface area (Å²) in [5, 5.41) is 3.34. The van der Waals surface area contributed by atoms with Crippen LogP contribution in [0.1, 0.15) is 12.5 Å². The van der Waals surface area contributed by atoms with Gasteiger partial charge in [-0.1, -0.05) is 18.2 Å². The van der Waals surface area contributed by atoms with Crippen molar-refractivity contribution in [2.45, 2.75) is 25.6 Å². The molecule has 0 fully saturated rings. The molecule has 18 heavy (non-hydrogen) atoms. The second-order valence-corrected chi connectivity index (χ2v) is 4.88. The number of carbonyl (C=O) groups excluding carboxylic acids is 1. The van der Waals surface area contributed by atoms with Gasteiger partial charge in [0.05, 0.1) is 6.10 Å². The largest absolute Gasteiger partial charge is 0.382 e. The molecule has 98 valence electrons. The Labute approximate surface area is 108 Å². The number of rotatable bonds is 3. The summed E-state index contributed by atoms with van der Waals surface area (Å²) in [6.45, 7) is 2.56. The van der Waals surface area contributed by atoms with Gasteiger partial charge in [0.15, 0.2) is 0 Å². The third kappa shape index (κ3) is 2.82. The Balaban J connectivity index is 1.96. The lowest BCUT2D eigenvalue weighted by atomic mass is 10.0. The van der Waals surface area contributed by atoms with Crippen LogP contribution >= 0.6 is 0 Å². The average molecular weight is 248 g/mol. The zero-order chi connectivity index (χ0) is 13.1. The van der Waals surface area contributed by atoms with E-state index in [1.54, 1.807) is 19.0 Å². The minimum Gasteiger partial charge on any atom is -0.382 e. The van der Waals surface area contributed by atoms with Crippen molar-refractivity contribution >= 4 is 11.6 Å². The summed E-state index contributed by atoms with van der Waals surface area (Å²) in [7, 11) is 3.49. The zero-order valence-corrected chi connectivity index (χ0v) is 11.1. The van der Waals surface area contributed by atoms with E-state index in [1.807, 2.05) is 19.1 Å². The molecular formula is C14H20N2O2. The highest BCUT2D eigenvalue weighted by Gasteiger charge is 2.24. The van der Waals surface area contributed by atoms with Crippen LogP contribution in [0, 0.1) is 0 Å². The molecule has 0 aromatic heterocycles. The number of hydrogen-bond acceptors (Lipinski definition) is 3. The van der Waals surface area contributed by atoms with Gasteiger partial charge in [-0.3, -0.25) is 4.79 Å². The molecule has 4 nitrogen and oxygen atoms in total. The number of benzene rings is 1. The monoisotopic (exact) mass is 248 g/mol. The Kier molecular flexibility index (Phi) is 3.87. The fourth-order valence-electron chi connectivity index (χ4n) is 2.22. The number of amides is 1. The van der Waals surface area contributed by atoms with Crippen LogP contribution in [0.3, 0.4) is 0 Å². The average Bonchev–Trinajstić information content (AvgIpc) is 2.37. The van der Waals surface area contributed by atoms with E-state index in [1.165, 1.54) is 11.3 Å². The Hall–Kier alpha value is -1.55. The van der Waals surface area contributed by atoms with Crippen molar-refractivity contribution in [2.24, 2.45) is 0 Å². The molecule has 0 radical (unpaired) electrons. The first-order valence-corrected chi connectivity index (χ1v) is 6.26. The van der Waals surface area contributed by atoms with Crippen molar-refractivity contribution in [3.05, 3.63) is 29.8 Å². The molecule has 0 aliphatic carbocycles. The first kappa shape index (κ1) is 12.9. The third-order valence-electron chi connectivity index (χ3n) is 3.17. The number of ether oxygens (including phenoxy) is 1. The molecule has 0 saturated carbocycles. The van der Waals surface area contributed by atoms with Crippen molar-refractivity contribution in [1.82, 2.24) is 4.90 Å². The summed E-state index contributed by atoms with van der Waals surface area (Å²) in [5.74, 6) is 0.00820. The first-order valence-electron chi connectivity index (χ1n) is 6.26. The van der Waals surface area contributed by atoms with Gasteiger partial charge in [-0.05, 0) is 18.6 Å². The van der Waals surface area contributed by atoms with Crippen molar-refractivity contribution in [3.63, 3.8) is 0 Å². The first-order chi connectivity index (χ1) is 8.58. The van der Waals surface area contributed by atoms with E-state index in [4.69, 9.17) is 4.74 Å². The summed E-state index contributed by atoms with van der Waals surface area (Å²) in [6, 6.07) is 8.21. The van der Waals surface area contributed by atoms with Crippen LogP contribution in [0.5, 0.6) is 0 Å². The van der Waals surface area contributed by atoms with Crippen LogP contribution in [-0.2, 0) is 16.0 Å². The molecule has 0 spiro atoms. The number of hydrogen-bond donors (Lipinski definition) is 1. The van der Waals surface area contributed by atoms with Gasteiger partial charge in [0, 0.05) is 32.7 Å². The van der Waals surface area contributed by atoms with Crippen LogP contribution in [0.15, 0.2) is 24.3 Å². The topological polar surface area (TPSA) is 41.6 Å². The highest BCUT2D eigenvalue weighted by atomic mass is 16.5. The van der Waals surface area contributed by atoms with Gasteiger partial charge in [0.25, 0.3) is 5.91 Å². The molecule has 2 unspecified atom stereocenters. The minimum absolute atomic E-state index is 0.00820. The fourth-order valence-corrected chi connectivity index (χ4v) is 2.22. The third-order valence-corrected chi connectivity index (χ3v) is 3.17. The van der Waals surface area contributed by atoms with Gasteiger partial charge in [0.2, 0.25) is 0 Å². The van der Waals surface area contributed by atoms with Crippen molar-refractivity contribution in [2.75, 3.05) is 26.0 Å². The van der Waals surface area contributed by atoms with Crippen molar-refractivity contribution in [3.8, 4) is 0 Å². The maximum absolute atomic E-state index is 11.7. The molecule has 2 atom stereocenters. The summed E-state index contributed by atoms with van der Waals surface area (Å²) >= 11 is 0. The van der Waals surface area contributed by atoms with Gasteiger partial charge in [-0.25, -0.2) is 0 Å². The highest BCUT2D eigenvalue weighted by molar-refractivity contribution is 5.80. The number of nitrogens with one attached hydrogen (secondary N) is 1. The van der Waals surface area contributed by atoms with Crippen LogP contribution in [0.25, 0.3) is 0 Å². The molecule has 1 aliphatic heterocycles. The predicted molar refractivity (Wildman–Crippen MR) is 71.7 cm³/mol. The number of carbonyl (C=O) groups is 1. The molecule has 1 amide bonds. The smallest absolute Gasteiger partial charge is 0.250 e. The number of para-hydroxylation sites is 1. The maximum Gasteiger partial charge on any atom is 0.250 e. The number of nitrogens with zero attached hydrogens (tertiary/aromatic N) is 1. The van der Waals surface area contributed by atoms with Crippen molar-refractivity contribution < 1.29 is 9.53 Å². The highest BCUT2D eigenvalue weighted by Crippen LogP contribution is 2.23. The Morgan fingerprint density at radius 3 is 2.89 bits per heavy atom. The molecule has 1 aliphatic rings. The SMILES string of the molecule is CC(OC1CNc2ccccc2C1)C(=O)N(C)C. The molecule has 1 heterocycles. The predicted octanol–water partition coefficient (Wildman–Crippen LogP) is 1.52. The van der Waals surface area contributed by atoms with E-state index < -0.39 is 6.10 Å². The van der Waals surface area contributed by atoms with Crippen LogP contribution in [0.4, 0.5) is 5.69 Å². The molecular weight excluding hydrogens is 228 g/mol. The van der Waals surface area contributed by atoms with E-state index in [-0.39, 0.29) is 12.0 Å². The lowest BCUT2D eigenvalue weighted by Crippen LogP contribution is -2.40. The van der Waals surface area contributed by atoms with E-state index in [0.717, 1.165) is 13.0 Å². The molecule has 0 saturated heterocycles. The quantitative estimate of drug-likeness (QED) is 0.881. The second kappa shape index (κ2) is 5.40. The Morgan fingerprint density at radius 2 is 2.17 bits per heavy atom. The number of anilines is 1. The van der Waals surface area contributed by atoms with Crippen LogP contribution in [-0.4, -0.2) is 43.7 Å². The number of likely N-dealkylation sites (N-methyl/N-ethyl adjacent to an activating group) is 1. The van der Waals surface area contributed by atoms with Gasteiger partial charge >= 0.3 is 0 Å². The standard InChI is InChI=1S/C14H20N2O2/c1-10(14(17)16(2)3)18-12-8-11-6-4-5-7-13(11)15-9-12/h4-7,10,12,15H,8-9H2,1-3H3. The maximum atomic E-state index is 11.7. The molecule has 1 N–H and O–H groups in total. The van der Waals surface area contributed by atoms with E-state index in [2.05, 4.69) is 17.4 Å². The second-order valence-electron chi connectivity index (χ2n) is 4.88. The summed E-state index contributed by atoms with van der Waals surface area (Å²) < 4.78 is 5.82. The molecule has 0 bridgehead atoms. The molecule has 1 aromatic carbocycles. The van der Waals surface area contributed by atoms with Gasteiger partial charge in [-0.15, -0.1) is 0 Å². The van der Waals surface area contributed by atoms with Gasteiger partial charge in [0.1, 0.15) is 6.10 Å². The minimum atomic E-state index is -0.392. The lowest BCUT2D eigenvalue weighted by molar-refractivity contribution is -0.143. The molecule has 2 rings (SSSR count). The summed E-state index contributed by atoms with van der Waals surface area (Å²) in [5.41, 5.74) is 2.42. The summed E-state index contributed by atoms with van der Waals surface area (Å²) in [6.07, 6.45) is 0.518. The van der Waals surface area contributed by atoms with Crippen LogP contribution in [0.2, 0.25) is 0 Å². The Morgan fingerprint density at radius 1 is 1.44 bits per heavy atom. The van der Waals surface area contributed by atoms with Crippen LogP contribution < -0.4 is 5.32 Å². The van der Waals surface area contributed by atoms with E-state index >= 15 is 0 Å². The van der Waals surface area contributed by atoms with E-state index in [9.17, 15) is 4.79 Å². The number of fused-ring (bicyclic) bond motifs is 1. The van der Waals surface area contributed by atoms with Gasteiger partial charge in [-0.2, -0.15) is 0 Å². The lowest BCUT2D eigenvalue weighted by Gasteiger charge is -2.29. The zero-order valence-electron chi connectivity index (χ0n) is 11.1. The fraction of sp³-hybridized carbons (Fsp3) is 0.500. The van der Waals surface area contributed by atoms with E-state index in [0.29, 0.717) is 0 Å². The van der Waals surface area contributed by atoms with Crippen molar-refractivity contribution in [1.29, 1.82) is 0 Å². The Bertz CT molecular complexity index is 432. The normalized spacial score (nSPS) is 19.6. The molecule has 1 aromatic rings. The van der Waals surface area contributed by atoms with Gasteiger partial charge < -0.3 is 15.0 Å².